The number of anilines is 1. The number of esters is 3. The van der Waals surface area contributed by atoms with E-state index >= 15 is 0 Å². The highest BCUT2D eigenvalue weighted by Gasteiger charge is 2.35. The number of carbonyl (C=O) groups is 4. The Bertz CT molecular complexity index is 1170. The summed E-state index contributed by atoms with van der Waals surface area (Å²) in [5.41, 5.74) is 1.18. The summed E-state index contributed by atoms with van der Waals surface area (Å²) in [6.45, 7) is 8.13. The Labute approximate surface area is 232 Å². The smallest absolute Gasteiger partial charge is 0.344 e. The molecule has 1 aromatic carbocycles. The average molecular weight is 560 g/mol. The first-order valence-electron chi connectivity index (χ1n) is 13.0. The zero-order valence-electron chi connectivity index (χ0n) is 23.3. The molecular formula is C28H37N3O7S. The van der Waals surface area contributed by atoms with Gasteiger partial charge in [-0.15, -0.1) is 11.8 Å². The van der Waals surface area contributed by atoms with Gasteiger partial charge >= 0.3 is 17.9 Å². The highest BCUT2D eigenvalue weighted by atomic mass is 32.2. The van der Waals surface area contributed by atoms with Crippen LogP contribution in [0.1, 0.15) is 83.2 Å². The van der Waals surface area contributed by atoms with Gasteiger partial charge in [0.1, 0.15) is 17.5 Å². The van der Waals surface area contributed by atoms with Crippen molar-refractivity contribution in [2.75, 3.05) is 25.3 Å². The molecule has 1 aliphatic rings. The molecule has 3 rings (SSSR count). The molecular weight excluding hydrogens is 522 g/mol. The number of amides is 1. The summed E-state index contributed by atoms with van der Waals surface area (Å²) in [7, 11) is 2.53. The summed E-state index contributed by atoms with van der Waals surface area (Å²) < 4.78 is 15.4. The van der Waals surface area contributed by atoms with Crippen LogP contribution in [0.2, 0.25) is 0 Å². The zero-order valence-corrected chi connectivity index (χ0v) is 24.1. The van der Waals surface area contributed by atoms with Crippen LogP contribution in [0.5, 0.6) is 0 Å². The molecule has 2 aromatic rings. The van der Waals surface area contributed by atoms with Crippen molar-refractivity contribution in [1.82, 2.24) is 10.2 Å². The quantitative estimate of drug-likeness (QED) is 0.178. The zero-order chi connectivity index (χ0) is 28.7. The first-order valence-corrected chi connectivity index (χ1v) is 14.0. The number of benzene rings is 1. The van der Waals surface area contributed by atoms with E-state index < -0.39 is 17.9 Å². The largest absolute Gasteiger partial charge is 0.465 e. The van der Waals surface area contributed by atoms with Gasteiger partial charge in [-0.05, 0) is 67.9 Å². The number of thioether (sulfide) groups is 1. The van der Waals surface area contributed by atoms with Gasteiger partial charge in [-0.2, -0.15) is 5.10 Å². The molecule has 0 radical (unpaired) electrons. The topological polar surface area (TPSA) is 137 Å². The average Bonchev–Trinajstić information content (AvgIpc) is 3.26. The van der Waals surface area contributed by atoms with Crippen LogP contribution >= 0.6 is 11.8 Å². The van der Waals surface area contributed by atoms with E-state index in [0.29, 0.717) is 28.7 Å². The molecule has 0 bridgehead atoms. The van der Waals surface area contributed by atoms with Crippen LogP contribution < -0.4 is 5.32 Å². The number of nitrogens with one attached hydrogen (secondary N) is 2. The van der Waals surface area contributed by atoms with E-state index in [4.69, 9.17) is 14.2 Å². The third kappa shape index (κ3) is 7.84. The number of rotatable bonds is 10. The van der Waals surface area contributed by atoms with Crippen LogP contribution in [0.15, 0.2) is 23.1 Å². The minimum atomic E-state index is -0.562. The Kier molecular flexibility index (Phi) is 10.6. The molecule has 39 heavy (non-hydrogen) atoms. The van der Waals surface area contributed by atoms with Crippen molar-refractivity contribution in [3.8, 4) is 0 Å². The molecule has 1 saturated carbocycles. The molecule has 212 valence electrons. The molecule has 0 spiro atoms. The van der Waals surface area contributed by atoms with Crippen LogP contribution in [-0.4, -0.2) is 60.1 Å². The number of ether oxygens (including phenoxy) is 3. The third-order valence-electron chi connectivity index (χ3n) is 6.89. The van der Waals surface area contributed by atoms with Gasteiger partial charge in [-0.3, -0.25) is 9.89 Å². The maximum Gasteiger partial charge on any atom is 0.344 e. The Morgan fingerprint density at radius 1 is 0.974 bits per heavy atom. The molecule has 1 fully saturated rings. The number of aryl methyl sites for hydroxylation is 1. The second-order valence-electron chi connectivity index (χ2n) is 10.2. The van der Waals surface area contributed by atoms with E-state index in [2.05, 4.69) is 36.3 Å². The summed E-state index contributed by atoms with van der Waals surface area (Å²) in [4.78, 5) is 50.4. The van der Waals surface area contributed by atoms with Gasteiger partial charge in [0.05, 0.1) is 31.0 Å². The molecule has 1 heterocycles. The van der Waals surface area contributed by atoms with E-state index in [0.717, 1.165) is 12.8 Å². The minimum Gasteiger partial charge on any atom is -0.465 e. The number of aromatic amines is 1. The van der Waals surface area contributed by atoms with Crippen molar-refractivity contribution in [3.05, 3.63) is 40.6 Å². The van der Waals surface area contributed by atoms with Gasteiger partial charge < -0.3 is 19.5 Å². The van der Waals surface area contributed by atoms with Gasteiger partial charge in [0.25, 0.3) is 0 Å². The summed E-state index contributed by atoms with van der Waals surface area (Å²) in [5.74, 6) is -0.00205. The number of nitrogens with zero attached hydrogens (tertiary/aromatic N) is 1. The fourth-order valence-corrected chi connectivity index (χ4v) is 6.11. The van der Waals surface area contributed by atoms with Gasteiger partial charge in [0.15, 0.2) is 0 Å². The van der Waals surface area contributed by atoms with E-state index in [1.807, 2.05) is 0 Å². The van der Waals surface area contributed by atoms with Crippen molar-refractivity contribution in [1.29, 1.82) is 0 Å². The fourth-order valence-electron chi connectivity index (χ4n) is 5.16. The number of hydrogen-bond acceptors (Lipinski definition) is 9. The van der Waals surface area contributed by atoms with E-state index in [1.54, 1.807) is 19.1 Å². The summed E-state index contributed by atoms with van der Waals surface area (Å²) >= 11 is 1.40. The second-order valence-corrected chi connectivity index (χ2v) is 11.4. The van der Waals surface area contributed by atoms with Crippen LogP contribution in [-0.2, 0) is 19.0 Å². The Balaban J connectivity index is 1.56. The molecule has 2 atom stereocenters. The SMILES string of the molecule is COC(=O)c1cc(SCCCC(=O)Nc2[nH]nc(C)c2C(=O)OC2C(C)CC(C)CC2C)cc(C(=O)OC)c1. The Morgan fingerprint density at radius 2 is 1.56 bits per heavy atom. The van der Waals surface area contributed by atoms with Crippen molar-refractivity contribution < 1.29 is 33.4 Å². The predicted octanol–water partition coefficient (Wildman–Crippen LogP) is 5.03. The minimum absolute atomic E-state index is 0.180. The number of aromatic nitrogens is 2. The maximum atomic E-state index is 13.1. The van der Waals surface area contributed by atoms with Gasteiger partial charge in [0.2, 0.25) is 5.91 Å². The molecule has 1 aromatic heterocycles. The summed E-state index contributed by atoms with van der Waals surface area (Å²) in [6.07, 6.45) is 2.53. The molecule has 0 saturated heterocycles. The van der Waals surface area contributed by atoms with Crippen molar-refractivity contribution in [2.45, 2.75) is 64.4 Å². The molecule has 1 aliphatic carbocycles. The first kappa shape index (κ1) is 30.2. The van der Waals surface area contributed by atoms with Crippen molar-refractivity contribution in [2.24, 2.45) is 17.8 Å². The highest BCUT2D eigenvalue weighted by molar-refractivity contribution is 7.99. The fraction of sp³-hybridized carbons (Fsp3) is 0.536. The molecule has 11 heteroatoms. The lowest BCUT2D eigenvalue weighted by Crippen LogP contribution is -2.37. The molecule has 2 unspecified atom stereocenters. The number of methoxy groups -OCH3 is 2. The molecule has 0 aliphatic heterocycles. The van der Waals surface area contributed by atoms with Gasteiger partial charge in [-0.25, -0.2) is 14.4 Å². The summed E-state index contributed by atoms with van der Waals surface area (Å²) in [6, 6.07) is 4.67. The van der Waals surface area contributed by atoms with Gasteiger partial charge in [0, 0.05) is 11.3 Å². The van der Waals surface area contributed by atoms with Crippen molar-refractivity contribution in [3.63, 3.8) is 0 Å². The van der Waals surface area contributed by atoms with Crippen LogP contribution in [0, 0.1) is 24.7 Å². The van der Waals surface area contributed by atoms with Crippen LogP contribution in [0.4, 0.5) is 5.82 Å². The monoisotopic (exact) mass is 559 g/mol. The van der Waals surface area contributed by atoms with E-state index in [-0.39, 0.29) is 52.8 Å². The van der Waals surface area contributed by atoms with Crippen molar-refractivity contribution >= 4 is 41.4 Å². The lowest BCUT2D eigenvalue weighted by Gasteiger charge is -2.37. The van der Waals surface area contributed by atoms with Crippen LogP contribution in [0.25, 0.3) is 0 Å². The Hall–Kier alpha value is -3.34. The number of H-pyrrole nitrogens is 1. The standard InChI is InChI=1S/C28H37N3O7S/c1-15-10-16(2)24(17(3)11-15)38-28(35)23-18(4)30-31-25(23)29-22(32)8-7-9-39-21-13-19(26(33)36-5)12-20(14-21)27(34)37-6/h12-17,24H,7-11H2,1-6H3,(H2,29,30,31,32). The third-order valence-corrected chi connectivity index (χ3v) is 7.96. The molecule has 2 N–H and O–H groups in total. The first-order chi connectivity index (χ1) is 18.5. The number of hydrogen-bond donors (Lipinski definition) is 2. The Morgan fingerprint density at radius 3 is 2.13 bits per heavy atom. The lowest BCUT2D eigenvalue weighted by atomic mass is 9.75. The van der Waals surface area contributed by atoms with Gasteiger partial charge in [-0.1, -0.05) is 20.8 Å². The molecule has 10 nitrogen and oxygen atoms in total. The second kappa shape index (κ2) is 13.6. The van der Waals surface area contributed by atoms with E-state index in [9.17, 15) is 19.2 Å². The highest BCUT2D eigenvalue weighted by Crippen LogP contribution is 2.36. The predicted molar refractivity (Wildman–Crippen MR) is 147 cm³/mol. The lowest BCUT2D eigenvalue weighted by molar-refractivity contribution is -0.116. The van der Waals surface area contributed by atoms with E-state index in [1.165, 1.54) is 32.0 Å². The normalized spacial score (nSPS) is 20.7. The van der Waals surface area contributed by atoms with Crippen LogP contribution in [0.3, 0.4) is 0 Å². The summed E-state index contributed by atoms with van der Waals surface area (Å²) in [5, 5.41) is 9.60. The number of carbonyl (C=O) groups excluding carboxylic acids is 4. The maximum absolute atomic E-state index is 13.1. The molecule has 1 amide bonds.